The van der Waals surface area contributed by atoms with Crippen LogP contribution in [0.5, 0.6) is 5.75 Å². The fourth-order valence-corrected chi connectivity index (χ4v) is 1.84. The van der Waals surface area contributed by atoms with E-state index < -0.39 is 5.41 Å². The first kappa shape index (κ1) is 14.1. The van der Waals surface area contributed by atoms with Gasteiger partial charge in [0.1, 0.15) is 11.5 Å². The lowest BCUT2D eigenvalue weighted by Gasteiger charge is -2.23. The van der Waals surface area contributed by atoms with E-state index in [1.165, 1.54) is 0 Å². The molecule has 0 radical (unpaired) electrons. The number of benzene rings is 1. The highest BCUT2D eigenvalue weighted by Gasteiger charge is 2.30. The number of aromatic nitrogens is 1. The highest BCUT2D eigenvalue weighted by Crippen LogP contribution is 2.26. The molecule has 1 amide bonds. The number of ether oxygens (including phenoxy) is 1. The molecule has 1 heterocycles. The van der Waals surface area contributed by atoms with Crippen LogP contribution in [0.1, 0.15) is 25.2 Å². The second-order valence-electron chi connectivity index (χ2n) is 5.13. The van der Waals surface area contributed by atoms with Crippen molar-refractivity contribution >= 4 is 11.7 Å². The Morgan fingerprint density at radius 3 is 2.45 bits per heavy atom. The largest absolute Gasteiger partial charge is 0.497 e. The number of carbonyl (C=O) groups is 1. The summed E-state index contributed by atoms with van der Waals surface area (Å²) in [4.78, 5) is 12.4. The zero-order valence-electron chi connectivity index (χ0n) is 12.1. The van der Waals surface area contributed by atoms with Gasteiger partial charge in [-0.2, -0.15) is 0 Å². The van der Waals surface area contributed by atoms with Crippen molar-refractivity contribution in [3.05, 3.63) is 41.7 Å². The monoisotopic (exact) mass is 274 g/mol. The molecular weight excluding hydrogens is 256 g/mol. The Morgan fingerprint density at radius 2 is 1.95 bits per heavy atom. The van der Waals surface area contributed by atoms with E-state index in [2.05, 4.69) is 10.5 Å². The lowest BCUT2D eigenvalue weighted by Crippen LogP contribution is -2.34. The summed E-state index contributed by atoms with van der Waals surface area (Å²) in [5, 5.41) is 6.52. The number of nitrogens with one attached hydrogen (secondary N) is 1. The molecule has 1 aromatic carbocycles. The van der Waals surface area contributed by atoms with Crippen molar-refractivity contribution in [3.63, 3.8) is 0 Å². The van der Waals surface area contributed by atoms with Gasteiger partial charge in [-0.15, -0.1) is 0 Å². The maximum atomic E-state index is 12.4. The fourth-order valence-electron chi connectivity index (χ4n) is 1.84. The molecule has 0 unspecified atom stereocenters. The number of rotatable bonds is 4. The van der Waals surface area contributed by atoms with Crippen LogP contribution in [-0.4, -0.2) is 18.2 Å². The molecule has 2 rings (SSSR count). The van der Waals surface area contributed by atoms with Gasteiger partial charge in [-0.25, -0.2) is 0 Å². The molecule has 0 saturated carbocycles. The summed E-state index contributed by atoms with van der Waals surface area (Å²) < 4.78 is 10.1. The van der Waals surface area contributed by atoms with Crippen LogP contribution in [0.15, 0.2) is 34.9 Å². The molecule has 5 heteroatoms. The van der Waals surface area contributed by atoms with Gasteiger partial charge < -0.3 is 14.6 Å². The molecule has 0 aliphatic carbocycles. The first-order valence-electron chi connectivity index (χ1n) is 6.33. The van der Waals surface area contributed by atoms with Crippen molar-refractivity contribution in [1.29, 1.82) is 0 Å². The topological polar surface area (TPSA) is 64.4 Å². The predicted molar refractivity (Wildman–Crippen MR) is 75.9 cm³/mol. The van der Waals surface area contributed by atoms with Crippen molar-refractivity contribution in [3.8, 4) is 5.75 Å². The Morgan fingerprint density at radius 1 is 1.30 bits per heavy atom. The van der Waals surface area contributed by atoms with Gasteiger partial charge in [-0.05, 0) is 38.5 Å². The number of amides is 1. The molecule has 0 aliphatic rings. The summed E-state index contributed by atoms with van der Waals surface area (Å²) in [5.41, 5.74) is 0.218. The van der Waals surface area contributed by atoms with Crippen LogP contribution in [0.4, 0.5) is 5.82 Å². The van der Waals surface area contributed by atoms with Crippen LogP contribution in [0.2, 0.25) is 0 Å². The van der Waals surface area contributed by atoms with Crippen molar-refractivity contribution < 1.29 is 14.1 Å². The van der Waals surface area contributed by atoms with Gasteiger partial charge in [0, 0.05) is 6.07 Å². The van der Waals surface area contributed by atoms with Crippen molar-refractivity contribution in [2.75, 3.05) is 12.4 Å². The second kappa shape index (κ2) is 5.36. The van der Waals surface area contributed by atoms with Crippen LogP contribution in [-0.2, 0) is 10.2 Å². The molecule has 0 saturated heterocycles. The number of carbonyl (C=O) groups excluding carboxylic acids is 1. The molecule has 2 aromatic rings. The average molecular weight is 274 g/mol. The van der Waals surface area contributed by atoms with E-state index in [0.29, 0.717) is 11.6 Å². The molecule has 1 aromatic heterocycles. The van der Waals surface area contributed by atoms with E-state index in [-0.39, 0.29) is 5.91 Å². The highest BCUT2D eigenvalue weighted by atomic mass is 16.5. The van der Waals surface area contributed by atoms with Gasteiger partial charge in [0.15, 0.2) is 5.82 Å². The number of hydrogen-bond donors (Lipinski definition) is 1. The van der Waals surface area contributed by atoms with E-state index >= 15 is 0 Å². The van der Waals surface area contributed by atoms with Gasteiger partial charge in [0.2, 0.25) is 5.91 Å². The normalized spacial score (nSPS) is 11.2. The fraction of sp³-hybridized carbons (Fsp3) is 0.333. The molecule has 0 fully saturated rings. The first-order valence-corrected chi connectivity index (χ1v) is 6.33. The van der Waals surface area contributed by atoms with E-state index in [0.717, 1.165) is 11.3 Å². The van der Waals surface area contributed by atoms with E-state index in [9.17, 15) is 4.79 Å². The number of nitrogens with zero attached hydrogens (tertiary/aromatic N) is 1. The predicted octanol–water partition coefficient (Wildman–Crippen LogP) is 2.91. The van der Waals surface area contributed by atoms with E-state index in [1.807, 2.05) is 38.1 Å². The summed E-state index contributed by atoms with van der Waals surface area (Å²) in [6.45, 7) is 5.49. The summed E-state index contributed by atoms with van der Waals surface area (Å²) in [6.07, 6.45) is 0. The lowest BCUT2D eigenvalue weighted by molar-refractivity contribution is -0.120. The zero-order valence-corrected chi connectivity index (χ0v) is 12.1. The highest BCUT2D eigenvalue weighted by molar-refractivity contribution is 5.97. The Kier molecular flexibility index (Phi) is 3.79. The second-order valence-corrected chi connectivity index (χ2v) is 5.13. The van der Waals surface area contributed by atoms with Crippen LogP contribution in [0.25, 0.3) is 0 Å². The SMILES string of the molecule is COc1ccc(C(C)(C)C(=O)Nc2cc(C)on2)cc1. The van der Waals surface area contributed by atoms with Gasteiger partial charge in [0.05, 0.1) is 12.5 Å². The minimum absolute atomic E-state index is 0.143. The summed E-state index contributed by atoms with van der Waals surface area (Å²) in [5.74, 6) is 1.70. The van der Waals surface area contributed by atoms with E-state index in [1.54, 1.807) is 20.1 Å². The Labute approximate surface area is 117 Å². The van der Waals surface area contributed by atoms with Gasteiger partial charge in [-0.1, -0.05) is 17.3 Å². The van der Waals surface area contributed by atoms with Gasteiger partial charge >= 0.3 is 0 Å². The van der Waals surface area contributed by atoms with E-state index in [4.69, 9.17) is 9.26 Å². The number of hydrogen-bond acceptors (Lipinski definition) is 4. The zero-order chi connectivity index (χ0) is 14.8. The average Bonchev–Trinajstić information content (AvgIpc) is 2.84. The lowest BCUT2D eigenvalue weighted by atomic mass is 9.83. The minimum atomic E-state index is -0.681. The van der Waals surface area contributed by atoms with Crippen LogP contribution in [0, 0.1) is 6.92 Å². The maximum Gasteiger partial charge on any atom is 0.235 e. The minimum Gasteiger partial charge on any atom is -0.497 e. The van der Waals surface area contributed by atoms with Crippen molar-refractivity contribution in [2.45, 2.75) is 26.2 Å². The molecular formula is C15H18N2O3. The number of anilines is 1. The Hall–Kier alpha value is -2.30. The summed E-state index contributed by atoms with van der Waals surface area (Å²) in [6, 6.07) is 9.12. The Bertz CT molecular complexity index is 600. The van der Waals surface area contributed by atoms with Crippen LogP contribution >= 0.6 is 0 Å². The first-order chi connectivity index (χ1) is 9.43. The molecule has 5 nitrogen and oxygen atoms in total. The quantitative estimate of drug-likeness (QED) is 0.931. The third-order valence-corrected chi connectivity index (χ3v) is 3.25. The Balaban J connectivity index is 2.17. The molecule has 20 heavy (non-hydrogen) atoms. The standard InChI is InChI=1S/C15H18N2O3/c1-10-9-13(17-20-10)16-14(18)15(2,3)11-5-7-12(19-4)8-6-11/h5-9H,1-4H3,(H,16,17,18). The molecule has 106 valence electrons. The molecule has 0 spiro atoms. The summed E-state index contributed by atoms with van der Waals surface area (Å²) in [7, 11) is 1.61. The van der Waals surface area contributed by atoms with Gasteiger partial charge in [0.25, 0.3) is 0 Å². The van der Waals surface area contributed by atoms with Crippen molar-refractivity contribution in [2.24, 2.45) is 0 Å². The molecule has 1 N–H and O–H groups in total. The van der Waals surface area contributed by atoms with Gasteiger partial charge in [-0.3, -0.25) is 4.79 Å². The van der Waals surface area contributed by atoms with Crippen LogP contribution in [0.3, 0.4) is 0 Å². The third-order valence-electron chi connectivity index (χ3n) is 3.25. The number of aryl methyl sites for hydroxylation is 1. The van der Waals surface area contributed by atoms with Crippen LogP contribution < -0.4 is 10.1 Å². The smallest absolute Gasteiger partial charge is 0.235 e. The third kappa shape index (κ3) is 2.82. The summed E-state index contributed by atoms with van der Waals surface area (Å²) >= 11 is 0. The molecule has 0 atom stereocenters. The molecule has 0 bridgehead atoms. The number of methoxy groups -OCH3 is 1. The maximum absolute atomic E-state index is 12.4. The van der Waals surface area contributed by atoms with Crippen molar-refractivity contribution in [1.82, 2.24) is 5.16 Å². The molecule has 0 aliphatic heterocycles.